The second-order valence-corrected chi connectivity index (χ2v) is 6.89. The van der Waals surface area contributed by atoms with Gasteiger partial charge in [-0.05, 0) is 31.2 Å². The summed E-state index contributed by atoms with van der Waals surface area (Å²) in [5.74, 6) is 0.918. The Kier molecular flexibility index (Phi) is 5.64. The van der Waals surface area contributed by atoms with Crippen LogP contribution in [0, 0.1) is 0 Å². The molecule has 0 heterocycles. The number of ketones is 1. The Hall–Kier alpha value is -0.410. The largest absolute Gasteiger partial charge is 0.293 e. The van der Waals surface area contributed by atoms with Gasteiger partial charge in [0.05, 0.1) is 5.75 Å². The molecule has 1 nitrogen and oxygen atoms in total. The third-order valence-corrected chi connectivity index (χ3v) is 5.53. The number of rotatable bonds is 5. The van der Waals surface area contributed by atoms with Gasteiger partial charge < -0.3 is 0 Å². The first-order valence-corrected chi connectivity index (χ1v) is 8.86. The highest BCUT2D eigenvalue weighted by molar-refractivity contribution is 8.00. The molecule has 0 aromatic heterocycles. The lowest BCUT2D eigenvalue weighted by atomic mass is 10.0. The zero-order valence-electron chi connectivity index (χ0n) is 10.9. The highest BCUT2D eigenvalue weighted by atomic mass is 32.2. The van der Waals surface area contributed by atoms with E-state index in [1.165, 1.54) is 37.0 Å². The molecule has 0 bridgehead atoms. The predicted octanol–water partition coefficient (Wildman–Crippen LogP) is 4.66. The Balaban J connectivity index is 1.82. The zero-order chi connectivity index (χ0) is 12.8. The fourth-order valence-electron chi connectivity index (χ4n) is 2.29. The summed E-state index contributed by atoms with van der Waals surface area (Å²) in [6.45, 7) is 0. The minimum atomic E-state index is 0.276. The van der Waals surface area contributed by atoms with Crippen molar-refractivity contribution in [2.75, 3.05) is 12.0 Å². The van der Waals surface area contributed by atoms with Crippen LogP contribution in [-0.4, -0.2) is 23.0 Å². The van der Waals surface area contributed by atoms with Gasteiger partial charge >= 0.3 is 0 Å². The fraction of sp³-hybridized carbons (Fsp3) is 0.533. The van der Waals surface area contributed by atoms with Crippen molar-refractivity contribution in [3.8, 4) is 0 Å². The number of carbonyl (C=O) groups is 1. The topological polar surface area (TPSA) is 17.1 Å². The highest BCUT2D eigenvalue weighted by Crippen LogP contribution is 2.28. The van der Waals surface area contributed by atoms with Crippen LogP contribution in [-0.2, 0) is 0 Å². The lowest BCUT2D eigenvalue weighted by molar-refractivity contribution is 0.102. The molecular weight excluding hydrogens is 260 g/mol. The molecule has 1 aliphatic rings. The molecular formula is C15H20OS2. The maximum absolute atomic E-state index is 12.1. The molecule has 0 N–H and O–H groups in total. The van der Waals surface area contributed by atoms with Crippen LogP contribution in [0.25, 0.3) is 0 Å². The molecule has 2 rings (SSSR count). The molecule has 3 heteroatoms. The van der Waals surface area contributed by atoms with E-state index in [2.05, 4.69) is 6.26 Å². The van der Waals surface area contributed by atoms with E-state index < -0.39 is 0 Å². The smallest absolute Gasteiger partial charge is 0.172 e. The van der Waals surface area contributed by atoms with E-state index in [-0.39, 0.29) is 5.78 Å². The van der Waals surface area contributed by atoms with Crippen molar-refractivity contribution in [3.63, 3.8) is 0 Å². The van der Waals surface area contributed by atoms with Gasteiger partial charge in [0, 0.05) is 15.7 Å². The second kappa shape index (κ2) is 7.25. The third kappa shape index (κ3) is 4.06. The first-order chi connectivity index (χ1) is 8.79. The van der Waals surface area contributed by atoms with Crippen molar-refractivity contribution in [1.29, 1.82) is 0 Å². The maximum atomic E-state index is 12.1. The van der Waals surface area contributed by atoms with Crippen molar-refractivity contribution < 1.29 is 4.79 Å². The molecule has 98 valence electrons. The number of Topliss-reactive ketones (excluding diaryl/α,β-unsaturated/α-hetero) is 1. The molecule has 0 aliphatic heterocycles. The molecule has 1 aromatic carbocycles. The average molecular weight is 280 g/mol. The number of hydrogen-bond donors (Lipinski definition) is 0. The predicted molar refractivity (Wildman–Crippen MR) is 81.9 cm³/mol. The molecule has 1 aromatic rings. The number of benzene rings is 1. The van der Waals surface area contributed by atoms with Gasteiger partial charge in [-0.2, -0.15) is 11.8 Å². The highest BCUT2D eigenvalue weighted by Gasteiger charge is 2.15. The molecule has 0 unspecified atom stereocenters. The van der Waals surface area contributed by atoms with Gasteiger partial charge in [-0.1, -0.05) is 31.4 Å². The van der Waals surface area contributed by atoms with E-state index in [0.717, 1.165) is 5.56 Å². The van der Waals surface area contributed by atoms with Crippen LogP contribution in [0.1, 0.15) is 42.5 Å². The van der Waals surface area contributed by atoms with Crippen LogP contribution < -0.4 is 0 Å². The summed E-state index contributed by atoms with van der Waals surface area (Å²) in [5.41, 5.74) is 0.858. The summed E-state index contributed by atoms with van der Waals surface area (Å²) >= 11 is 3.56. The van der Waals surface area contributed by atoms with Gasteiger partial charge in [-0.15, -0.1) is 11.8 Å². The van der Waals surface area contributed by atoms with Crippen molar-refractivity contribution in [2.24, 2.45) is 0 Å². The molecule has 1 aliphatic carbocycles. The van der Waals surface area contributed by atoms with Crippen LogP contribution in [0.4, 0.5) is 0 Å². The Labute approximate surface area is 118 Å². The Morgan fingerprint density at radius 3 is 2.44 bits per heavy atom. The minimum Gasteiger partial charge on any atom is -0.293 e. The van der Waals surface area contributed by atoms with Crippen LogP contribution in [0.15, 0.2) is 29.2 Å². The number of carbonyl (C=O) groups excluding carboxylic acids is 1. The summed E-state index contributed by atoms with van der Waals surface area (Å²) in [4.78, 5) is 13.3. The molecule has 0 spiro atoms. The molecule has 0 radical (unpaired) electrons. The van der Waals surface area contributed by atoms with Gasteiger partial charge in [0.15, 0.2) is 5.78 Å². The second-order valence-electron chi connectivity index (χ2n) is 4.72. The van der Waals surface area contributed by atoms with Crippen LogP contribution >= 0.6 is 23.5 Å². The van der Waals surface area contributed by atoms with E-state index in [4.69, 9.17) is 0 Å². The monoisotopic (exact) mass is 280 g/mol. The van der Waals surface area contributed by atoms with Crippen molar-refractivity contribution in [3.05, 3.63) is 29.8 Å². The van der Waals surface area contributed by atoms with Gasteiger partial charge in [0.2, 0.25) is 0 Å². The van der Waals surface area contributed by atoms with Crippen molar-refractivity contribution in [1.82, 2.24) is 0 Å². The van der Waals surface area contributed by atoms with Gasteiger partial charge in [-0.25, -0.2) is 0 Å². The summed E-state index contributed by atoms with van der Waals surface area (Å²) < 4.78 is 0. The molecule has 0 amide bonds. The Morgan fingerprint density at radius 2 is 1.83 bits per heavy atom. The van der Waals surface area contributed by atoms with Gasteiger partial charge in [-0.3, -0.25) is 4.79 Å². The Bertz CT molecular complexity index is 380. The van der Waals surface area contributed by atoms with E-state index >= 15 is 0 Å². The van der Waals surface area contributed by atoms with E-state index in [0.29, 0.717) is 11.0 Å². The minimum absolute atomic E-state index is 0.276. The molecule has 0 saturated heterocycles. The lowest BCUT2D eigenvalue weighted by Gasteiger charge is -2.20. The third-order valence-electron chi connectivity index (χ3n) is 3.41. The fourth-order valence-corrected chi connectivity index (χ4v) is 3.91. The van der Waals surface area contributed by atoms with Gasteiger partial charge in [0.25, 0.3) is 0 Å². The summed E-state index contributed by atoms with van der Waals surface area (Å²) in [5, 5.41) is 0.716. The first kappa shape index (κ1) is 14.0. The summed E-state index contributed by atoms with van der Waals surface area (Å²) in [6.07, 6.45) is 8.70. The average Bonchev–Trinajstić information content (AvgIpc) is 2.46. The van der Waals surface area contributed by atoms with Gasteiger partial charge in [0.1, 0.15) is 0 Å². The molecule has 18 heavy (non-hydrogen) atoms. The lowest BCUT2D eigenvalue weighted by Crippen LogP contribution is -2.12. The van der Waals surface area contributed by atoms with Crippen LogP contribution in [0.5, 0.6) is 0 Å². The van der Waals surface area contributed by atoms with E-state index in [1.807, 2.05) is 36.0 Å². The summed E-state index contributed by atoms with van der Waals surface area (Å²) in [6, 6.07) is 7.97. The molecule has 1 saturated carbocycles. The summed E-state index contributed by atoms with van der Waals surface area (Å²) in [7, 11) is 0. The number of hydrogen-bond acceptors (Lipinski definition) is 3. The zero-order valence-corrected chi connectivity index (χ0v) is 12.5. The standard InChI is InChI=1S/C15H20OS2/c1-17-13-9-7-12(8-10-13)15(16)11-18-14-5-3-2-4-6-14/h7-10,14H,2-6,11H2,1H3. The van der Waals surface area contributed by atoms with E-state index in [1.54, 1.807) is 11.8 Å². The number of thioether (sulfide) groups is 2. The van der Waals surface area contributed by atoms with Crippen molar-refractivity contribution >= 4 is 29.3 Å². The SMILES string of the molecule is CSc1ccc(C(=O)CSC2CCCCC2)cc1. The normalized spacial score (nSPS) is 16.7. The molecule has 0 atom stereocenters. The van der Waals surface area contributed by atoms with Crippen LogP contribution in [0.2, 0.25) is 0 Å². The Morgan fingerprint density at radius 1 is 1.17 bits per heavy atom. The quantitative estimate of drug-likeness (QED) is 0.577. The van der Waals surface area contributed by atoms with Crippen molar-refractivity contribution in [2.45, 2.75) is 42.2 Å². The maximum Gasteiger partial charge on any atom is 0.172 e. The molecule has 1 fully saturated rings. The van der Waals surface area contributed by atoms with Crippen LogP contribution in [0.3, 0.4) is 0 Å². The first-order valence-electron chi connectivity index (χ1n) is 6.58. The van der Waals surface area contributed by atoms with E-state index in [9.17, 15) is 4.79 Å².